The number of aryl methyl sites for hydroxylation is 2. The highest BCUT2D eigenvalue weighted by atomic mass is 35.5. The lowest BCUT2D eigenvalue weighted by Crippen LogP contribution is -2.25. The van der Waals surface area contributed by atoms with Crippen LogP contribution < -0.4 is 0 Å². The van der Waals surface area contributed by atoms with Crippen LogP contribution in [0.1, 0.15) is 62.8 Å². The summed E-state index contributed by atoms with van der Waals surface area (Å²) in [5, 5.41) is 9.00. The molecule has 192 valence electrons. The molecular weight excluding hydrogens is 480 g/mol. The summed E-state index contributed by atoms with van der Waals surface area (Å²) in [6.07, 6.45) is -2.25. The standard InChI is InChI=1S/C10H19NO.C9H8F4.C8H6ClN/c1-4-8(3)9-6-10(12)11(5-2)7-9;1-2-6-5-7(10)3-4-8(6)9(11,12)13;1-6-2-3-7(5-10)8(9)4-6/h8-9H,4-7H2,1-3H3;3-5H,2H2,1H3;2-4H,1H3. The summed E-state index contributed by atoms with van der Waals surface area (Å²) >= 11 is 5.71. The van der Waals surface area contributed by atoms with Gasteiger partial charge in [0.15, 0.2) is 0 Å². The van der Waals surface area contributed by atoms with E-state index < -0.39 is 17.6 Å². The van der Waals surface area contributed by atoms with Crippen LogP contribution in [-0.2, 0) is 17.4 Å². The quantitative estimate of drug-likeness (QED) is 0.392. The third kappa shape index (κ3) is 9.52. The van der Waals surface area contributed by atoms with Crippen LogP contribution in [0.15, 0.2) is 36.4 Å². The minimum Gasteiger partial charge on any atom is -0.343 e. The number of nitriles is 1. The molecular formula is C27H33ClF4N2O. The van der Waals surface area contributed by atoms with Crippen molar-refractivity contribution in [2.45, 2.75) is 60.1 Å². The van der Waals surface area contributed by atoms with Crippen molar-refractivity contribution in [3.05, 3.63) is 69.5 Å². The molecule has 0 aromatic heterocycles. The summed E-state index contributed by atoms with van der Waals surface area (Å²) in [6, 6.07) is 9.87. The van der Waals surface area contributed by atoms with E-state index in [9.17, 15) is 22.4 Å². The van der Waals surface area contributed by atoms with Gasteiger partial charge < -0.3 is 4.90 Å². The lowest BCUT2D eigenvalue weighted by Gasteiger charge is -2.17. The molecule has 1 aliphatic heterocycles. The molecule has 0 saturated carbocycles. The number of carbonyl (C=O) groups is 1. The van der Waals surface area contributed by atoms with Crippen LogP contribution >= 0.6 is 11.6 Å². The summed E-state index contributed by atoms with van der Waals surface area (Å²) in [6.45, 7) is 11.9. The molecule has 8 heteroatoms. The topological polar surface area (TPSA) is 44.1 Å². The number of benzene rings is 2. The Bertz CT molecular complexity index is 1020. The first-order valence-electron chi connectivity index (χ1n) is 11.7. The lowest BCUT2D eigenvalue weighted by molar-refractivity contribution is -0.138. The van der Waals surface area contributed by atoms with Crippen molar-refractivity contribution in [3.63, 3.8) is 0 Å². The number of rotatable bonds is 4. The molecule has 3 nitrogen and oxygen atoms in total. The van der Waals surface area contributed by atoms with E-state index in [2.05, 4.69) is 20.8 Å². The Hall–Kier alpha value is -2.59. The maximum Gasteiger partial charge on any atom is 0.416 e. The van der Waals surface area contributed by atoms with Crippen molar-refractivity contribution in [1.82, 2.24) is 4.90 Å². The maximum absolute atomic E-state index is 12.6. The number of nitrogens with zero attached hydrogens (tertiary/aromatic N) is 2. The van der Waals surface area contributed by atoms with E-state index in [1.165, 1.54) is 6.42 Å². The van der Waals surface area contributed by atoms with Gasteiger partial charge in [0, 0.05) is 19.5 Å². The Kier molecular flexibility index (Phi) is 12.3. The number of carbonyl (C=O) groups excluding carboxylic acids is 1. The van der Waals surface area contributed by atoms with E-state index in [4.69, 9.17) is 16.9 Å². The van der Waals surface area contributed by atoms with Gasteiger partial charge in [-0.25, -0.2) is 4.39 Å². The Balaban J connectivity index is 0.000000265. The Morgan fingerprint density at radius 1 is 1.17 bits per heavy atom. The molecule has 0 aliphatic carbocycles. The second-order valence-electron chi connectivity index (χ2n) is 8.53. The van der Waals surface area contributed by atoms with Crippen LogP contribution in [0.25, 0.3) is 0 Å². The first kappa shape index (κ1) is 30.4. The fraction of sp³-hybridized carbons (Fsp3) is 0.481. The minimum absolute atomic E-state index is 0.00694. The lowest BCUT2D eigenvalue weighted by atomic mass is 9.91. The number of alkyl halides is 3. The first-order valence-corrected chi connectivity index (χ1v) is 12.0. The van der Waals surface area contributed by atoms with Crippen molar-refractivity contribution in [3.8, 4) is 6.07 Å². The molecule has 1 aliphatic rings. The molecule has 2 aromatic rings. The monoisotopic (exact) mass is 512 g/mol. The predicted octanol–water partition coefficient (Wildman–Crippen LogP) is 7.83. The number of halogens is 5. The van der Waals surface area contributed by atoms with E-state index in [1.54, 1.807) is 19.1 Å². The van der Waals surface area contributed by atoms with Crippen molar-refractivity contribution in [2.75, 3.05) is 13.1 Å². The zero-order valence-electron chi connectivity index (χ0n) is 20.8. The van der Waals surface area contributed by atoms with Crippen LogP contribution in [0.4, 0.5) is 17.6 Å². The second-order valence-corrected chi connectivity index (χ2v) is 8.94. The molecule has 3 rings (SSSR count). The van der Waals surface area contributed by atoms with E-state index in [0.29, 0.717) is 28.3 Å². The van der Waals surface area contributed by atoms with Gasteiger partial charge in [-0.05, 0) is 73.6 Å². The van der Waals surface area contributed by atoms with E-state index in [0.717, 1.165) is 43.3 Å². The Labute approximate surface area is 210 Å². The maximum atomic E-state index is 12.6. The summed E-state index contributed by atoms with van der Waals surface area (Å²) in [5.41, 5.74) is 0.847. The fourth-order valence-corrected chi connectivity index (χ4v) is 3.94. The van der Waals surface area contributed by atoms with Gasteiger partial charge in [-0.3, -0.25) is 4.79 Å². The third-order valence-corrected chi connectivity index (χ3v) is 6.39. The average molecular weight is 513 g/mol. The normalized spacial score (nSPS) is 16.0. The van der Waals surface area contributed by atoms with Crippen LogP contribution in [0.2, 0.25) is 5.02 Å². The number of amides is 1. The molecule has 35 heavy (non-hydrogen) atoms. The summed E-state index contributed by atoms with van der Waals surface area (Å²) < 4.78 is 49.3. The number of hydrogen-bond acceptors (Lipinski definition) is 2. The van der Waals surface area contributed by atoms with Crippen molar-refractivity contribution >= 4 is 17.5 Å². The fourth-order valence-electron chi connectivity index (χ4n) is 3.66. The molecule has 1 fully saturated rings. The second kappa shape index (κ2) is 14.1. The molecule has 1 amide bonds. The van der Waals surface area contributed by atoms with Crippen LogP contribution in [-0.4, -0.2) is 23.9 Å². The summed E-state index contributed by atoms with van der Waals surface area (Å²) in [7, 11) is 0. The smallest absolute Gasteiger partial charge is 0.343 e. The highest BCUT2D eigenvalue weighted by Gasteiger charge is 2.33. The summed E-state index contributed by atoms with van der Waals surface area (Å²) in [4.78, 5) is 13.3. The molecule has 0 spiro atoms. The van der Waals surface area contributed by atoms with Crippen LogP contribution in [0.3, 0.4) is 0 Å². The van der Waals surface area contributed by atoms with Crippen molar-refractivity contribution in [1.29, 1.82) is 5.26 Å². The van der Waals surface area contributed by atoms with Crippen LogP contribution in [0.5, 0.6) is 0 Å². The van der Waals surface area contributed by atoms with E-state index in [-0.39, 0.29) is 12.0 Å². The Morgan fingerprint density at radius 3 is 2.29 bits per heavy atom. The molecule has 0 radical (unpaired) electrons. The number of likely N-dealkylation sites (tertiary alicyclic amines) is 1. The van der Waals surface area contributed by atoms with Gasteiger partial charge in [-0.2, -0.15) is 18.4 Å². The largest absolute Gasteiger partial charge is 0.416 e. The third-order valence-electron chi connectivity index (χ3n) is 6.07. The van der Waals surface area contributed by atoms with Gasteiger partial charge in [0.2, 0.25) is 5.91 Å². The van der Waals surface area contributed by atoms with Gasteiger partial charge in [0.1, 0.15) is 11.9 Å². The highest BCUT2D eigenvalue weighted by Crippen LogP contribution is 2.32. The Morgan fingerprint density at radius 2 is 1.83 bits per heavy atom. The zero-order chi connectivity index (χ0) is 26.8. The molecule has 0 N–H and O–H groups in total. The number of hydrogen-bond donors (Lipinski definition) is 0. The van der Waals surface area contributed by atoms with Gasteiger partial charge in [-0.1, -0.05) is 44.9 Å². The van der Waals surface area contributed by atoms with E-state index >= 15 is 0 Å². The predicted molar refractivity (Wildman–Crippen MR) is 131 cm³/mol. The van der Waals surface area contributed by atoms with Crippen LogP contribution in [0, 0.1) is 35.9 Å². The molecule has 0 bridgehead atoms. The molecule has 2 unspecified atom stereocenters. The SMILES string of the molecule is CCC(C)C1CC(=O)N(CC)C1.CCc1cc(F)ccc1C(F)(F)F.Cc1ccc(C#N)c(Cl)c1. The molecule has 1 saturated heterocycles. The van der Waals surface area contributed by atoms with Crippen molar-refractivity contribution < 1.29 is 22.4 Å². The van der Waals surface area contributed by atoms with Crippen molar-refractivity contribution in [2.24, 2.45) is 11.8 Å². The average Bonchev–Trinajstić information content (AvgIpc) is 3.19. The van der Waals surface area contributed by atoms with Gasteiger partial charge in [-0.15, -0.1) is 0 Å². The molecule has 2 aromatic carbocycles. The van der Waals surface area contributed by atoms with Gasteiger partial charge in [0.25, 0.3) is 0 Å². The minimum atomic E-state index is -4.39. The van der Waals surface area contributed by atoms with Gasteiger partial charge in [0.05, 0.1) is 16.1 Å². The molecule has 1 heterocycles. The first-order chi connectivity index (χ1) is 16.4. The summed E-state index contributed by atoms with van der Waals surface area (Å²) in [5.74, 6) is 1.03. The zero-order valence-corrected chi connectivity index (χ0v) is 21.6. The highest BCUT2D eigenvalue weighted by molar-refractivity contribution is 6.31. The van der Waals surface area contributed by atoms with E-state index in [1.807, 2.05) is 24.0 Å². The van der Waals surface area contributed by atoms with Gasteiger partial charge >= 0.3 is 6.18 Å². The molecule has 2 atom stereocenters.